The van der Waals surface area contributed by atoms with Gasteiger partial charge in [0.2, 0.25) is 0 Å². The van der Waals surface area contributed by atoms with Crippen LogP contribution in [0.1, 0.15) is 59.8 Å². The molecule has 0 atom stereocenters. The van der Waals surface area contributed by atoms with Crippen LogP contribution in [-0.2, 0) is 9.53 Å². The molecule has 0 unspecified atom stereocenters. The number of unbranched alkanes of at least 4 members (excludes halogenated alkanes) is 2. The van der Waals surface area contributed by atoms with Gasteiger partial charge in [-0.15, -0.1) is 0 Å². The molecule has 0 saturated carbocycles. The number of carbonyl (C=O) groups is 1. The normalized spacial score (nSPS) is 17.3. The fraction of sp³-hybridized carbons (Fsp3) is 0.667. The van der Waals surface area contributed by atoms with Gasteiger partial charge in [-0.3, -0.25) is 4.79 Å². The average molecular weight is 259 g/mol. The maximum Gasteiger partial charge on any atom is 0.311 e. The number of rotatable bonds is 5. The van der Waals surface area contributed by atoms with Gasteiger partial charge in [0.25, 0.3) is 0 Å². The molecule has 97 valence electrons. The van der Waals surface area contributed by atoms with E-state index >= 15 is 0 Å². The van der Waals surface area contributed by atoms with Gasteiger partial charge in [-0.1, -0.05) is 39.2 Å². The average Bonchev–Trinajstić information content (AvgIpc) is 2.14. The molecular formula is C15H24NaO2. The van der Waals surface area contributed by atoms with Crippen LogP contribution in [0.15, 0.2) is 23.5 Å². The number of allylic oxidation sites excluding steroid dienone is 3. The summed E-state index contributed by atoms with van der Waals surface area (Å²) in [5.74, 6) is 0.617. The summed E-state index contributed by atoms with van der Waals surface area (Å²) in [6, 6.07) is 0. The second kappa shape index (κ2) is 8.19. The van der Waals surface area contributed by atoms with E-state index in [-0.39, 0.29) is 40.9 Å². The van der Waals surface area contributed by atoms with Gasteiger partial charge in [0.15, 0.2) is 0 Å². The zero-order valence-corrected chi connectivity index (χ0v) is 14.5. The molecule has 0 aromatic rings. The van der Waals surface area contributed by atoms with Gasteiger partial charge in [-0.05, 0) is 37.3 Å². The Hall–Kier alpha value is -0.0500. The zero-order valence-electron chi connectivity index (χ0n) is 12.5. The van der Waals surface area contributed by atoms with E-state index in [9.17, 15) is 4.79 Å². The van der Waals surface area contributed by atoms with E-state index in [1.165, 1.54) is 5.57 Å². The molecule has 0 aromatic heterocycles. The molecule has 0 bridgehead atoms. The quantitative estimate of drug-likeness (QED) is 0.424. The van der Waals surface area contributed by atoms with Crippen molar-refractivity contribution in [1.82, 2.24) is 0 Å². The van der Waals surface area contributed by atoms with Gasteiger partial charge in [-0.25, -0.2) is 0 Å². The minimum Gasteiger partial charge on any atom is -0.427 e. The third kappa shape index (κ3) is 6.77. The summed E-state index contributed by atoms with van der Waals surface area (Å²) in [7, 11) is 0. The minimum absolute atomic E-state index is 0. The van der Waals surface area contributed by atoms with Crippen molar-refractivity contribution in [3.63, 3.8) is 0 Å². The Labute approximate surface area is 133 Å². The van der Waals surface area contributed by atoms with E-state index < -0.39 is 0 Å². The van der Waals surface area contributed by atoms with Crippen molar-refractivity contribution in [2.75, 3.05) is 0 Å². The van der Waals surface area contributed by atoms with E-state index in [1.54, 1.807) is 0 Å². The summed E-state index contributed by atoms with van der Waals surface area (Å²) < 4.78 is 5.39. The second-order valence-corrected chi connectivity index (χ2v) is 5.63. The van der Waals surface area contributed by atoms with Crippen LogP contribution in [-0.4, -0.2) is 35.5 Å². The molecule has 0 aliphatic heterocycles. The Morgan fingerprint density at radius 2 is 2.06 bits per heavy atom. The van der Waals surface area contributed by atoms with E-state index in [2.05, 4.69) is 33.8 Å². The molecule has 1 radical (unpaired) electrons. The minimum atomic E-state index is -0.105. The van der Waals surface area contributed by atoms with Gasteiger partial charge >= 0.3 is 5.97 Å². The molecule has 0 aromatic carbocycles. The van der Waals surface area contributed by atoms with E-state index in [0.717, 1.165) is 31.4 Å². The van der Waals surface area contributed by atoms with Crippen LogP contribution in [0.3, 0.4) is 0 Å². The second-order valence-electron chi connectivity index (χ2n) is 5.63. The Balaban J connectivity index is 0.00000289. The summed E-state index contributed by atoms with van der Waals surface area (Å²) in [6.07, 6.45) is 8.73. The third-order valence-corrected chi connectivity index (χ3v) is 2.87. The molecule has 2 nitrogen and oxygen atoms in total. The molecule has 0 spiro atoms. The molecule has 3 heteroatoms. The number of ether oxygens (including phenoxy) is 1. The summed E-state index contributed by atoms with van der Waals surface area (Å²) in [5, 5.41) is 0. The number of esters is 1. The third-order valence-electron chi connectivity index (χ3n) is 2.87. The molecule has 1 rings (SSSR count). The molecule has 0 amide bonds. The van der Waals surface area contributed by atoms with Crippen LogP contribution in [0.5, 0.6) is 0 Å². The fourth-order valence-electron chi connectivity index (χ4n) is 2.25. The zero-order chi connectivity index (χ0) is 12.9. The van der Waals surface area contributed by atoms with Gasteiger partial charge in [-0.2, -0.15) is 0 Å². The van der Waals surface area contributed by atoms with Gasteiger partial charge < -0.3 is 4.74 Å². The van der Waals surface area contributed by atoms with Crippen molar-refractivity contribution in [3.8, 4) is 0 Å². The van der Waals surface area contributed by atoms with E-state index in [1.807, 2.05) is 6.08 Å². The van der Waals surface area contributed by atoms with Gasteiger partial charge in [0.05, 0.1) is 0 Å². The van der Waals surface area contributed by atoms with Gasteiger partial charge in [0, 0.05) is 36.0 Å². The van der Waals surface area contributed by atoms with Crippen molar-refractivity contribution in [2.24, 2.45) is 5.41 Å². The van der Waals surface area contributed by atoms with Crippen LogP contribution in [0.4, 0.5) is 0 Å². The fourth-order valence-corrected chi connectivity index (χ4v) is 2.25. The van der Waals surface area contributed by atoms with Crippen LogP contribution in [0.25, 0.3) is 0 Å². The molecule has 18 heavy (non-hydrogen) atoms. The maximum atomic E-state index is 11.6. The maximum absolute atomic E-state index is 11.6. The summed E-state index contributed by atoms with van der Waals surface area (Å²) in [5.41, 5.74) is 1.37. The topological polar surface area (TPSA) is 26.3 Å². The largest absolute Gasteiger partial charge is 0.427 e. The SMILES string of the molecule is CCCCCC(=O)OC1=CC(C)(C)CC(C)=C1.[Na]. The predicted octanol–water partition coefficient (Wildman–Crippen LogP) is 3.99. The molecule has 0 N–H and O–H groups in total. The Kier molecular flexibility index (Phi) is 8.16. The molecular weight excluding hydrogens is 235 g/mol. The molecule has 0 saturated heterocycles. The smallest absolute Gasteiger partial charge is 0.311 e. The monoisotopic (exact) mass is 259 g/mol. The van der Waals surface area contributed by atoms with Crippen LogP contribution >= 0.6 is 0 Å². The van der Waals surface area contributed by atoms with Crippen molar-refractivity contribution in [2.45, 2.75) is 59.8 Å². The summed E-state index contributed by atoms with van der Waals surface area (Å²) in [6.45, 7) is 8.53. The molecule has 0 fully saturated rings. The Morgan fingerprint density at radius 3 is 2.61 bits per heavy atom. The van der Waals surface area contributed by atoms with Gasteiger partial charge in [0.1, 0.15) is 5.76 Å². The number of hydrogen-bond donors (Lipinski definition) is 0. The Morgan fingerprint density at radius 1 is 1.39 bits per heavy atom. The first-order chi connectivity index (χ1) is 7.93. The van der Waals surface area contributed by atoms with E-state index in [4.69, 9.17) is 4.74 Å². The number of hydrogen-bond acceptors (Lipinski definition) is 2. The molecule has 0 heterocycles. The van der Waals surface area contributed by atoms with Crippen molar-refractivity contribution in [1.29, 1.82) is 0 Å². The predicted molar refractivity (Wildman–Crippen MR) is 76.2 cm³/mol. The summed E-state index contributed by atoms with van der Waals surface area (Å²) in [4.78, 5) is 11.6. The van der Waals surface area contributed by atoms with Crippen molar-refractivity contribution >= 4 is 35.5 Å². The van der Waals surface area contributed by atoms with Crippen LogP contribution in [0, 0.1) is 5.41 Å². The molecule has 1 aliphatic rings. The van der Waals surface area contributed by atoms with Crippen LogP contribution < -0.4 is 0 Å². The Bertz CT molecular complexity index is 340. The van der Waals surface area contributed by atoms with E-state index in [0.29, 0.717) is 6.42 Å². The standard InChI is InChI=1S/C15H24O2.Na/c1-5-6-7-8-14(16)17-13-9-12(2)10-15(3,4)11-13;/h9,11H,5-8,10H2,1-4H3;. The first-order valence-electron chi connectivity index (χ1n) is 6.53. The summed E-state index contributed by atoms with van der Waals surface area (Å²) >= 11 is 0. The molecule has 1 aliphatic carbocycles. The van der Waals surface area contributed by atoms with Crippen molar-refractivity contribution < 1.29 is 9.53 Å². The number of carbonyl (C=O) groups excluding carboxylic acids is 1. The van der Waals surface area contributed by atoms with Crippen LogP contribution in [0.2, 0.25) is 0 Å². The first-order valence-corrected chi connectivity index (χ1v) is 6.53. The first kappa shape index (κ1) is 17.9. The van der Waals surface area contributed by atoms with Crippen molar-refractivity contribution in [3.05, 3.63) is 23.5 Å².